The Bertz CT molecular complexity index is 2230. The van der Waals surface area contributed by atoms with Gasteiger partial charge in [0.05, 0.1) is 21.4 Å². The lowest BCUT2D eigenvalue weighted by atomic mass is 9.79. The predicted molar refractivity (Wildman–Crippen MR) is 209 cm³/mol. The molecule has 6 N–H and O–H groups in total. The zero-order valence-electron chi connectivity index (χ0n) is 29.4. The van der Waals surface area contributed by atoms with Crippen LogP contribution in [0.5, 0.6) is 5.75 Å². The number of rotatable bonds is 14. The van der Waals surface area contributed by atoms with E-state index in [0.29, 0.717) is 45.4 Å². The molecule has 1 unspecified atom stereocenters. The Morgan fingerprint density at radius 3 is 2.62 bits per heavy atom. The molecule has 2 atom stereocenters. The molecular weight excluding hydrogens is 716 g/mol. The molecule has 0 radical (unpaired) electrons. The standard InChI is InChI=1S/C40H44N4O6S2.FH/c1-43(28-8-6-26(7-9-28)29-16-21-52-38(29)40(50,39(48)49)35-4-2-20-51-35)17-3-18-44-19-15-27-22-25(5-12-32(27)44)23-41-24-34(46)30-10-13-33(45)37-31(30)11-14-36(47)42-37;/h2,4-5,10-16,19-22,26,28,34,41,45-46,50H,3,6-9,17-18,23-24H2,1H3,(H,42,47)(H,48,49);1H/t26?,28?,34-,40?;/m0./s1. The van der Waals surface area contributed by atoms with Crippen molar-refractivity contribution >= 4 is 50.4 Å². The lowest BCUT2D eigenvalue weighted by Gasteiger charge is -2.35. The SMILES string of the molecule is CN(CCCn1ccc2cc(CNC[C@H](O)c3ccc(O)c4[nH]c(=O)ccc34)ccc21)C1CCC(c2ccsc2C(O)(C(=O)O)c2cccs2)CC1.F. The number of nitrogens with zero attached hydrogens (tertiary/aromatic N) is 2. The van der Waals surface area contributed by atoms with Crippen molar-refractivity contribution in [2.75, 3.05) is 20.1 Å². The minimum atomic E-state index is -2.01. The van der Waals surface area contributed by atoms with Crippen molar-refractivity contribution in [2.45, 2.75) is 68.9 Å². The van der Waals surface area contributed by atoms with Gasteiger partial charge in [0.2, 0.25) is 11.2 Å². The molecule has 0 aliphatic heterocycles. The highest BCUT2D eigenvalue weighted by atomic mass is 32.1. The van der Waals surface area contributed by atoms with E-state index in [9.17, 15) is 30.0 Å². The van der Waals surface area contributed by atoms with Crippen LogP contribution in [0.2, 0.25) is 0 Å². The number of phenolic OH excluding ortho intramolecular Hbond substituents is 1. The number of aliphatic carboxylic acids is 1. The first-order chi connectivity index (χ1) is 25.1. The Morgan fingerprint density at radius 1 is 1.06 bits per heavy atom. The van der Waals surface area contributed by atoms with Crippen molar-refractivity contribution in [1.82, 2.24) is 19.8 Å². The van der Waals surface area contributed by atoms with Gasteiger partial charge in [-0.1, -0.05) is 18.2 Å². The number of aliphatic hydroxyl groups is 2. The summed E-state index contributed by atoms with van der Waals surface area (Å²) in [5.74, 6) is -1.02. The van der Waals surface area contributed by atoms with E-state index < -0.39 is 17.7 Å². The molecule has 1 fully saturated rings. The van der Waals surface area contributed by atoms with Gasteiger partial charge in [-0.15, -0.1) is 22.7 Å². The van der Waals surface area contributed by atoms with Crippen molar-refractivity contribution < 1.29 is 29.9 Å². The first kappa shape index (κ1) is 38.4. The monoisotopic (exact) mass is 760 g/mol. The van der Waals surface area contributed by atoms with Crippen molar-refractivity contribution in [3.05, 3.63) is 120 Å². The molecule has 1 saturated carbocycles. The number of H-pyrrole nitrogens is 1. The number of aromatic nitrogens is 2. The molecule has 6 aromatic rings. The third kappa shape index (κ3) is 7.82. The Hall–Kier alpha value is -4.37. The summed E-state index contributed by atoms with van der Waals surface area (Å²) >= 11 is 2.61. The zero-order chi connectivity index (χ0) is 36.4. The molecule has 1 aliphatic rings. The molecule has 7 rings (SSSR count). The fourth-order valence-corrected chi connectivity index (χ4v) is 9.78. The first-order valence-corrected chi connectivity index (χ1v) is 19.5. The van der Waals surface area contributed by atoms with Gasteiger partial charge in [-0.3, -0.25) is 9.50 Å². The van der Waals surface area contributed by atoms with Crippen LogP contribution in [-0.2, 0) is 23.5 Å². The second-order valence-corrected chi connectivity index (χ2v) is 15.7. The summed E-state index contributed by atoms with van der Waals surface area (Å²) in [7, 11) is 2.20. The van der Waals surface area contributed by atoms with Gasteiger partial charge in [0.15, 0.2) is 0 Å². The zero-order valence-corrected chi connectivity index (χ0v) is 31.0. The third-order valence-corrected chi connectivity index (χ3v) is 12.7. The number of phenols is 1. The Balaban J connectivity index is 0.00000481. The highest BCUT2D eigenvalue weighted by Crippen LogP contribution is 2.44. The summed E-state index contributed by atoms with van der Waals surface area (Å²) in [4.78, 5) is 30.2. The van der Waals surface area contributed by atoms with E-state index in [1.165, 1.54) is 45.7 Å². The number of aromatic amines is 1. The van der Waals surface area contributed by atoms with Gasteiger partial charge in [-0.25, -0.2) is 4.79 Å². The topological polar surface area (TPSA) is 151 Å². The number of carbonyl (C=O) groups is 1. The van der Waals surface area contributed by atoms with Gasteiger partial charge in [0.1, 0.15) is 5.75 Å². The number of pyridine rings is 1. The average molecular weight is 761 g/mol. The molecular formula is C40H45FN4O6S2. The number of aromatic hydroxyl groups is 1. The molecule has 0 amide bonds. The number of aryl methyl sites for hydroxylation is 1. The summed E-state index contributed by atoms with van der Waals surface area (Å²) in [6.07, 6.45) is 6.34. The lowest BCUT2D eigenvalue weighted by molar-refractivity contribution is -0.154. The number of thiophene rings is 2. The molecule has 10 nitrogen and oxygen atoms in total. The maximum Gasteiger partial charge on any atom is 0.347 e. The lowest BCUT2D eigenvalue weighted by Crippen LogP contribution is -2.38. The molecule has 0 saturated heterocycles. The molecule has 1 aliphatic carbocycles. The number of halogens is 1. The van der Waals surface area contributed by atoms with Crippen molar-refractivity contribution in [1.29, 1.82) is 0 Å². The number of fused-ring (bicyclic) bond motifs is 2. The van der Waals surface area contributed by atoms with Crippen LogP contribution in [0, 0.1) is 0 Å². The Labute approximate surface area is 314 Å². The van der Waals surface area contributed by atoms with Crippen LogP contribution in [0.15, 0.2) is 88.5 Å². The van der Waals surface area contributed by atoms with E-state index in [2.05, 4.69) is 57.3 Å². The molecule has 4 aromatic heterocycles. The van der Waals surface area contributed by atoms with Gasteiger partial charge < -0.3 is 40.2 Å². The van der Waals surface area contributed by atoms with Crippen LogP contribution in [0.25, 0.3) is 21.8 Å². The highest BCUT2D eigenvalue weighted by Gasteiger charge is 2.45. The highest BCUT2D eigenvalue weighted by molar-refractivity contribution is 7.12. The van der Waals surface area contributed by atoms with Crippen LogP contribution in [-0.4, -0.2) is 67.0 Å². The first-order valence-electron chi connectivity index (χ1n) is 17.7. The summed E-state index contributed by atoms with van der Waals surface area (Å²) in [6.45, 7) is 2.78. The van der Waals surface area contributed by atoms with Crippen molar-refractivity contribution in [2.24, 2.45) is 0 Å². The van der Waals surface area contributed by atoms with Crippen LogP contribution in [0.3, 0.4) is 0 Å². The maximum atomic E-state index is 12.3. The quantitative estimate of drug-likeness (QED) is 0.0722. The second-order valence-electron chi connectivity index (χ2n) is 13.9. The van der Waals surface area contributed by atoms with E-state index in [0.717, 1.165) is 56.3 Å². The summed E-state index contributed by atoms with van der Waals surface area (Å²) < 4.78 is 2.30. The summed E-state index contributed by atoms with van der Waals surface area (Å²) in [5, 5.41) is 51.4. The summed E-state index contributed by atoms with van der Waals surface area (Å²) in [5.41, 5.74) is 1.91. The average Bonchev–Trinajstić information content (AvgIpc) is 3.94. The molecule has 0 bridgehead atoms. The normalized spacial score (nSPS) is 17.9. The fourth-order valence-electron chi connectivity index (χ4n) is 7.80. The third-order valence-electron chi connectivity index (χ3n) is 10.6. The number of carboxylic acid groups (broad SMARTS) is 1. The van der Waals surface area contributed by atoms with Crippen LogP contribution < -0.4 is 10.9 Å². The minimum Gasteiger partial charge on any atom is -0.506 e. The van der Waals surface area contributed by atoms with Gasteiger partial charge in [0.25, 0.3) is 0 Å². The molecule has 280 valence electrons. The van der Waals surface area contributed by atoms with Gasteiger partial charge >= 0.3 is 5.97 Å². The van der Waals surface area contributed by atoms with Crippen molar-refractivity contribution in [3.8, 4) is 5.75 Å². The van der Waals surface area contributed by atoms with E-state index in [1.807, 2.05) is 11.4 Å². The Kier molecular flexibility index (Phi) is 11.8. The second kappa shape index (κ2) is 16.3. The van der Waals surface area contributed by atoms with Gasteiger partial charge in [0, 0.05) is 48.8 Å². The predicted octanol–water partition coefficient (Wildman–Crippen LogP) is 6.66. The fraction of sp³-hybridized carbons (Fsp3) is 0.350. The van der Waals surface area contributed by atoms with E-state index in [1.54, 1.807) is 29.6 Å². The van der Waals surface area contributed by atoms with Crippen LogP contribution in [0.1, 0.15) is 70.6 Å². The van der Waals surface area contributed by atoms with Crippen LogP contribution in [0.4, 0.5) is 4.70 Å². The van der Waals surface area contributed by atoms with E-state index in [4.69, 9.17) is 0 Å². The number of carboxylic acids is 1. The molecule has 53 heavy (non-hydrogen) atoms. The molecule has 13 heteroatoms. The van der Waals surface area contributed by atoms with Gasteiger partial charge in [-0.05, 0) is 127 Å². The van der Waals surface area contributed by atoms with E-state index >= 15 is 0 Å². The van der Waals surface area contributed by atoms with Gasteiger partial charge in [-0.2, -0.15) is 0 Å². The number of hydrogen-bond acceptors (Lipinski definition) is 9. The molecule has 0 spiro atoms. The molecule has 2 aromatic carbocycles. The number of hydrogen-bond donors (Lipinski definition) is 6. The number of benzene rings is 2. The number of aliphatic hydroxyl groups excluding tert-OH is 1. The van der Waals surface area contributed by atoms with Crippen molar-refractivity contribution in [3.63, 3.8) is 0 Å². The largest absolute Gasteiger partial charge is 0.506 e. The smallest absolute Gasteiger partial charge is 0.347 e. The minimum absolute atomic E-state index is 0. The Morgan fingerprint density at radius 2 is 1.87 bits per heavy atom. The van der Waals surface area contributed by atoms with Crippen LogP contribution >= 0.6 is 22.7 Å². The number of nitrogens with one attached hydrogen (secondary N) is 2. The maximum absolute atomic E-state index is 12.3. The summed E-state index contributed by atoms with van der Waals surface area (Å²) in [6, 6.07) is 20.7. The molecule has 4 heterocycles. The van der Waals surface area contributed by atoms with E-state index in [-0.39, 0.29) is 21.9 Å².